The molecule has 0 bridgehead atoms. The average molecular weight is 249 g/mol. The zero-order valence-electron chi connectivity index (χ0n) is 9.03. The van der Waals surface area contributed by atoms with Crippen LogP contribution < -0.4 is 0 Å². The van der Waals surface area contributed by atoms with Crippen LogP contribution in [0.2, 0.25) is 0 Å². The fraction of sp³-hybridized carbons (Fsp3) is 0.909. The molecule has 0 aromatic carbocycles. The van der Waals surface area contributed by atoms with Crippen LogP contribution in [0, 0.1) is 5.41 Å². The molecule has 2 heteroatoms. The largest absolute Gasteiger partial charge is 0.286 e. The molecule has 78 valence electrons. The van der Waals surface area contributed by atoms with Gasteiger partial charge in [0, 0.05) is 5.41 Å². The van der Waals surface area contributed by atoms with Gasteiger partial charge in [-0.25, -0.2) is 0 Å². The van der Waals surface area contributed by atoms with E-state index in [9.17, 15) is 4.79 Å². The van der Waals surface area contributed by atoms with E-state index >= 15 is 0 Å². The van der Waals surface area contributed by atoms with Crippen LogP contribution in [-0.2, 0) is 4.79 Å². The van der Waals surface area contributed by atoms with Gasteiger partial charge in [-0.2, -0.15) is 0 Å². The monoisotopic (exact) mass is 248 g/mol. The molecule has 0 aromatic heterocycles. The van der Waals surface area contributed by atoms with E-state index in [-0.39, 0.29) is 10.1 Å². The van der Waals surface area contributed by atoms with Gasteiger partial charge in [0.25, 0.3) is 0 Å². The molecule has 0 saturated carbocycles. The summed E-state index contributed by atoms with van der Waals surface area (Å²) in [6.07, 6.45) is 6.36. The van der Waals surface area contributed by atoms with Crippen molar-refractivity contribution in [2.24, 2.45) is 5.41 Å². The number of halogens is 1. The van der Waals surface area contributed by atoms with Crippen LogP contribution in [0.1, 0.15) is 59.3 Å². The van der Waals surface area contributed by atoms with Crippen molar-refractivity contribution in [2.45, 2.75) is 59.3 Å². The van der Waals surface area contributed by atoms with Crippen molar-refractivity contribution in [3.05, 3.63) is 0 Å². The molecule has 0 atom stereocenters. The van der Waals surface area contributed by atoms with Gasteiger partial charge in [0.1, 0.15) is 0 Å². The summed E-state index contributed by atoms with van der Waals surface area (Å²) in [5.41, 5.74) is -0.0712. The zero-order valence-corrected chi connectivity index (χ0v) is 10.6. The Morgan fingerprint density at radius 2 is 1.31 bits per heavy atom. The van der Waals surface area contributed by atoms with Crippen molar-refractivity contribution in [1.29, 1.82) is 0 Å². The Kier molecular flexibility index (Phi) is 6.66. The molecular formula is C11H21BrO. The van der Waals surface area contributed by atoms with Crippen LogP contribution in [0.3, 0.4) is 0 Å². The van der Waals surface area contributed by atoms with Crippen LogP contribution in [0.15, 0.2) is 0 Å². The van der Waals surface area contributed by atoms with Gasteiger partial charge in [-0.05, 0) is 35.2 Å². The average Bonchev–Trinajstić information content (AvgIpc) is 2.05. The number of carbonyl (C=O) groups excluding carboxylic acids is 1. The van der Waals surface area contributed by atoms with E-state index in [1.54, 1.807) is 0 Å². The molecule has 0 aromatic rings. The van der Waals surface area contributed by atoms with Crippen LogP contribution in [-0.4, -0.2) is 4.69 Å². The number of hydrogen-bond acceptors (Lipinski definition) is 1. The van der Waals surface area contributed by atoms with E-state index in [0.29, 0.717) is 0 Å². The van der Waals surface area contributed by atoms with Crippen molar-refractivity contribution in [3.8, 4) is 0 Å². The minimum atomic E-state index is -0.0712. The van der Waals surface area contributed by atoms with Crippen molar-refractivity contribution < 1.29 is 4.79 Å². The van der Waals surface area contributed by atoms with Gasteiger partial charge in [0.05, 0.1) is 0 Å². The summed E-state index contributed by atoms with van der Waals surface area (Å²) in [6.45, 7) is 6.45. The normalized spacial score (nSPS) is 11.7. The Labute approximate surface area is 90.4 Å². The van der Waals surface area contributed by atoms with Crippen LogP contribution in [0.25, 0.3) is 0 Å². The molecule has 13 heavy (non-hydrogen) atoms. The highest BCUT2D eigenvalue weighted by molar-refractivity contribution is 9.18. The van der Waals surface area contributed by atoms with Gasteiger partial charge < -0.3 is 0 Å². The third kappa shape index (κ3) is 3.80. The highest BCUT2D eigenvalue weighted by Crippen LogP contribution is 2.37. The second kappa shape index (κ2) is 6.58. The van der Waals surface area contributed by atoms with Crippen molar-refractivity contribution >= 4 is 20.6 Å². The van der Waals surface area contributed by atoms with Gasteiger partial charge in [0.15, 0.2) is 0 Å². The Hall–Kier alpha value is 0.150. The molecule has 0 unspecified atom stereocenters. The number of carbonyl (C=O) groups is 1. The lowest BCUT2D eigenvalue weighted by molar-refractivity contribution is -0.120. The summed E-state index contributed by atoms with van der Waals surface area (Å²) in [5.74, 6) is 0. The summed E-state index contributed by atoms with van der Waals surface area (Å²) in [4.78, 5) is 11.6. The van der Waals surface area contributed by atoms with E-state index in [4.69, 9.17) is 0 Å². The zero-order chi connectivity index (χ0) is 10.3. The molecular weight excluding hydrogens is 228 g/mol. The third-order valence-electron chi connectivity index (χ3n) is 2.60. The highest BCUT2D eigenvalue weighted by Gasteiger charge is 2.33. The maximum Gasteiger partial charge on any atom is 0.203 e. The van der Waals surface area contributed by atoms with E-state index in [1.165, 1.54) is 0 Å². The lowest BCUT2D eigenvalue weighted by atomic mass is 9.77. The minimum Gasteiger partial charge on any atom is -0.286 e. The Bertz CT molecular complexity index is 137. The first-order chi connectivity index (χ1) is 6.13. The third-order valence-corrected chi connectivity index (χ3v) is 3.44. The quantitative estimate of drug-likeness (QED) is 0.615. The summed E-state index contributed by atoms with van der Waals surface area (Å²) in [7, 11) is 0. The first-order valence-electron chi connectivity index (χ1n) is 5.33. The van der Waals surface area contributed by atoms with Crippen molar-refractivity contribution in [1.82, 2.24) is 0 Å². The molecule has 0 saturated heterocycles. The topological polar surface area (TPSA) is 17.1 Å². The Morgan fingerprint density at radius 3 is 1.46 bits per heavy atom. The Balaban J connectivity index is 4.48. The molecule has 0 rings (SSSR count). The minimum absolute atomic E-state index is 0.0712. The number of rotatable bonds is 7. The van der Waals surface area contributed by atoms with Crippen LogP contribution in [0.5, 0.6) is 0 Å². The fourth-order valence-electron chi connectivity index (χ4n) is 2.11. The Morgan fingerprint density at radius 1 is 1.00 bits per heavy atom. The molecule has 0 fully saturated rings. The second-order valence-corrected chi connectivity index (χ2v) is 4.52. The predicted octanol–water partition coefficient (Wildman–Crippen LogP) is 4.29. The smallest absolute Gasteiger partial charge is 0.203 e. The van der Waals surface area contributed by atoms with Gasteiger partial charge in [-0.3, -0.25) is 4.79 Å². The van der Waals surface area contributed by atoms with Crippen LogP contribution in [0.4, 0.5) is 0 Å². The number of hydrogen-bond donors (Lipinski definition) is 0. The molecule has 0 radical (unpaired) electrons. The summed E-state index contributed by atoms with van der Waals surface area (Å²) >= 11 is 3.16. The molecule has 0 spiro atoms. The van der Waals surface area contributed by atoms with E-state index in [0.717, 1.165) is 38.5 Å². The van der Waals surface area contributed by atoms with Gasteiger partial charge in [-0.15, -0.1) is 0 Å². The summed E-state index contributed by atoms with van der Waals surface area (Å²) in [5, 5.41) is 0. The van der Waals surface area contributed by atoms with Crippen molar-refractivity contribution in [2.75, 3.05) is 0 Å². The lowest BCUT2D eigenvalue weighted by Crippen LogP contribution is -2.27. The SMILES string of the molecule is CCCC(CCC)(CCC)C(=O)Br. The molecule has 0 N–H and O–H groups in total. The van der Waals surface area contributed by atoms with E-state index < -0.39 is 0 Å². The summed E-state index contributed by atoms with van der Waals surface area (Å²) in [6, 6.07) is 0. The molecule has 0 heterocycles. The maximum absolute atomic E-state index is 11.6. The van der Waals surface area contributed by atoms with E-state index in [2.05, 4.69) is 36.7 Å². The van der Waals surface area contributed by atoms with Gasteiger partial charge in [0.2, 0.25) is 4.69 Å². The maximum atomic E-state index is 11.6. The van der Waals surface area contributed by atoms with Gasteiger partial charge in [-0.1, -0.05) is 40.0 Å². The standard InChI is InChI=1S/C11H21BrO/c1-4-7-11(8-5-2,9-6-3)10(12)13/h4-9H2,1-3H3. The van der Waals surface area contributed by atoms with Gasteiger partial charge >= 0.3 is 0 Å². The molecule has 0 amide bonds. The lowest BCUT2D eigenvalue weighted by Gasteiger charge is -2.29. The first kappa shape index (κ1) is 13.2. The fourth-order valence-corrected chi connectivity index (χ4v) is 2.70. The molecule has 1 nitrogen and oxygen atoms in total. The highest BCUT2D eigenvalue weighted by atomic mass is 79.9. The summed E-state index contributed by atoms with van der Waals surface area (Å²) < 4.78 is 0.213. The van der Waals surface area contributed by atoms with Crippen LogP contribution >= 0.6 is 15.9 Å². The molecule has 0 aliphatic rings. The first-order valence-corrected chi connectivity index (χ1v) is 6.12. The second-order valence-electron chi connectivity index (χ2n) is 3.80. The van der Waals surface area contributed by atoms with E-state index in [1.807, 2.05) is 0 Å². The predicted molar refractivity (Wildman–Crippen MR) is 61.1 cm³/mol. The molecule has 0 aliphatic heterocycles. The molecule has 0 aliphatic carbocycles. The van der Waals surface area contributed by atoms with Crippen molar-refractivity contribution in [3.63, 3.8) is 0 Å².